The molecule has 0 atom stereocenters. The highest BCUT2D eigenvalue weighted by atomic mass is 32.2. The minimum Gasteiger partial charge on any atom is -0.0619 e. The highest BCUT2D eigenvalue weighted by molar-refractivity contribution is 7.97. The lowest BCUT2D eigenvalue weighted by molar-refractivity contribution is 1.26. The van der Waals surface area contributed by atoms with Gasteiger partial charge in [-0.2, -0.15) is 0 Å². The number of rotatable bonds is 6. The first-order valence-electron chi connectivity index (χ1n) is 10.7. The zero-order chi connectivity index (χ0) is 21.6. The summed E-state index contributed by atoms with van der Waals surface area (Å²) in [6.07, 6.45) is 0. The van der Waals surface area contributed by atoms with Crippen LogP contribution in [-0.2, 0) is 21.8 Å². The number of hydrogen-bond acceptors (Lipinski definition) is 0. The quantitative estimate of drug-likeness (QED) is 0.232. The third-order valence-electron chi connectivity index (χ3n) is 5.21. The van der Waals surface area contributed by atoms with Crippen LogP contribution < -0.4 is 0 Å². The topological polar surface area (TPSA) is 0 Å². The van der Waals surface area contributed by atoms with Crippen LogP contribution in [0.15, 0.2) is 175 Å². The molecule has 0 radical (unpaired) electrons. The molecule has 5 aromatic carbocycles. The predicted octanol–water partition coefficient (Wildman–Crippen LogP) is 7.88. The van der Waals surface area contributed by atoms with Crippen LogP contribution in [0.2, 0.25) is 0 Å². The number of benzene rings is 5. The van der Waals surface area contributed by atoms with Crippen molar-refractivity contribution in [2.45, 2.75) is 29.4 Å². The van der Waals surface area contributed by atoms with E-state index in [2.05, 4.69) is 146 Å². The van der Waals surface area contributed by atoms with E-state index in [0.717, 1.165) is 0 Å². The summed E-state index contributed by atoms with van der Waals surface area (Å²) >= 11 is 0. The van der Waals surface area contributed by atoms with Gasteiger partial charge >= 0.3 is 0 Å². The van der Waals surface area contributed by atoms with Gasteiger partial charge < -0.3 is 0 Å². The fourth-order valence-corrected chi connectivity index (χ4v) is 7.92. The van der Waals surface area contributed by atoms with Gasteiger partial charge in [0.05, 0.1) is 21.8 Å². The van der Waals surface area contributed by atoms with Crippen molar-refractivity contribution in [1.82, 2.24) is 0 Å². The van der Waals surface area contributed by atoms with E-state index >= 15 is 0 Å². The first kappa shape index (κ1) is 20.7. The molecular formula is C30H24S2+2. The van der Waals surface area contributed by atoms with Gasteiger partial charge in [-0.05, 0) is 72.8 Å². The Morgan fingerprint density at radius 1 is 0.219 bits per heavy atom. The summed E-state index contributed by atoms with van der Waals surface area (Å²) in [5.74, 6) is 0. The molecule has 0 aliphatic heterocycles. The lowest BCUT2D eigenvalue weighted by atomic mass is 10.3. The standard InChI is InChI=1S/C30H24S2/c1-5-13-25(14-6-1)31(26-15-7-2-8-16-26)29-21-23-30(24-22-29)32(27-17-9-3-10-18-27)28-19-11-4-12-20-28/h1-24H/q+2. The molecule has 0 fully saturated rings. The first-order valence-corrected chi connectivity index (χ1v) is 13.1. The zero-order valence-corrected chi connectivity index (χ0v) is 19.3. The van der Waals surface area contributed by atoms with E-state index in [9.17, 15) is 0 Å². The molecule has 0 unspecified atom stereocenters. The lowest BCUT2D eigenvalue weighted by Crippen LogP contribution is -2.07. The van der Waals surface area contributed by atoms with Crippen LogP contribution in [-0.4, -0.2) is 0 Å². The second kappa shape index (κ2) is 9.95. The summed E-state index contributed by atoms with van der Waals surface area (Å²) in [4.78, 5) is 8.06. The van der Waals surface area contributed by atoms with Crippen LogP contribution in [0.3, 0.4) is 0 Å². The average molecular weight is 449 g/mol. The Morgan fingerprint density at radius 2 is 0.406 bits per heavy atom. The van der Waals surface area contributed by atoms with E-state index < -0.39 is 0 Å². The van der Waals surface area contributed by atoms with Crippen molar-refractivity contribution in [3.8, 4) is 0 Å². The monoisotopic (exact) mass is 448 g/mol. The third-order valence-corrected chi connectivity index (χ3v) is 9.67. The third kappa shape index (κ3) is 4.52. The summed E-state index contributed by atoms with van der Waals surface area (Å²) in [5, 5.41) is 0. The van der Waals surface area contributed by atoms with Gasteiger partial charge in [0.25, 0.3) is 0 Å². The molecule has 154 valence electrons. The van der Waals surface area contributed by atoms with Gasteiger partial charge in [-0.3, -0.25) is 0 Å². The van der Waals surface area contributed by atoms with Crippen LogP contribution in [0.1, 0.15) is 0 Å². The van der Waals surface area contributed by atoms with Crippen LogP contribution in [0.25, 0.3) is 0 Å². The fraction of sp³-hybridized carbons (Fsp3) is 0. The van der Waals surface area contributed by atoms with E-state index in [1.165, 1.54) is 29.4 Å². The van der Waals surface area contributed by atoms with Crippen LogP contribution >= 0.6 is 0 Å². The smallest absolute Gasteiger partial charge is 0.0619 e. The Labute approximate surface area is 196 Å². The van der Waals surface area contributed by atoms with Crippen molar-refractivity contribution in [3.05, 3.63) is 146 Å². The molecule has 0 heterocycles. The summed E-state index contributed by atoms with van der Waals surface area (Å²) in [7, 11) is -0.244. The maximum atomic E-state index is 2.32. The molecule has 2 heteroatoms. The Morgan fingerprint density at radius 3 is 0.625 bits per heavy atom. The van der Waals surface area contributed by atoms with E-state index in [1.807, 2.05) is 0 Å². The normalized spacial score (nSPS) is 11.1. The minimum absolute atomic E-state index is 0.122. The van der Waals surface area contributed by atoms with Crippen molar-refractivity contribution in [1.29, 1.82) is 0 Å². The van der Waals surface area contributed by atoms with Gasteiger partial charge in [-0.25, -0.2) is 0 Å². The largest absolute Gasteiger partial charge is 0.166 e. The lowest BCUT2D eigenvalue weighted by Gasteiger charge is -2.10. The second-order valence-electron chi connectivity index (χ2n) is 7.34. The highest BCUT2D eigenvalue weighted by Gasteiger charge is 2.32. The molecular weight excluding hydrogens is 424 g/mol. The van der Waals surface area contributed by atoms with Crippen LogP contribution in [0, 0.1) is 0 Å². The van der Waals surface area contributed by atoms with Crippen LogP contribution in [0.4, 0.5) is 0 Å². The molecule has 5 aromatic rings. The second-order valence-corrected chi connectivity index (χ2v) is 11.4. The van der Waals surface area contributed by atoms with Gasteiger partial charge in [-0.15, -0.1) is 0 Å². The van der Waals surface area contributed by atoms with Gasteiger partial charge in [0.1, 0.15) is 0 Å². The number of hydrogen-bond donors (Lipinski definition) is 0. The van der Waals surface area contributed by atoms with Crippen molar-refractivity contribution in [2.24, 2.45) is 0 Å². The maximum Gasteiger partial charge on any atom is 0.166 e. The predicted molar refractivity (Wildman–Crippen MR) is 137 cm³/mol. The van der Waals surface area contributed by atoms with Gasteiger partial charge in [-0.1, -0.05) is 72.8 Å². The summed E-state index contributed by atoms with van der Waals surface area (Å²) in [6.45, 7) is 0. The van der Waals surface area contributed by atoms with E-state index in [1.54, 1.807) is 0 Å². The Hall–Kier alpha value is -3.20. The van der Waals surface area contributed by atoms with Gasteiger partial charge in [0.15, 0.2) is 29.4 Å². The zero-order valence-electron chi connectivity index (χ0n) is 17.7. The minimum atomic E-state index is -0.122. The molecule has 0 spiro atoms. The molecule has 0 amide bonds. The molecule has 0 saturated carbocycles. The van der Waals surface area contributed by atoms with Crippen molar-refractivity contribution in [2.75, 3.05) is 0 Å². The molecule has 0 N–H and O–H groups in total. The SMILES string of the molecule is c1ccc([S+](c2ccccc2)c2ccc([S+](c3ccccc3)c3ccccc3)cc2)cc1. The van der Waals surface area contributed by atoms with E-state index in [4.69, 9.17) is 0 Å². The average Bonchev–Trinajstić information content (AvgIpc) is 2.88. The molecule has 32 heavy (non-hydrogen) atoms. The highest BCUT2D eigenvalue weighted by Crippen LogP contribution is 2.35. The molecule has 0 nitrogen and oxygen atoms in total. The Kier molecular flexibility index (Phi) is 6.43. The van der Waals surface area contributed by atoms with Gasteiger partial charge in [0.2, 0.25) is 0 Å². The molecule has 0 aromatic heterocycles. The fourth-order valence-electron chi connectivity index (χ4n) is 3.75. The van der Waals surface area contributed by atoms with Crippen molar-refractivity contribution >= 4 is 21.8 Å². The van der Waals surface area contributed by atoms with Crippen LogP contribution in [0.5, 0.6) is 0 Å². The van der Waals surface area contributed by atoms with Gasteiger partial charge in [0, 0.05) is 0 Å². The summed E-state index contributed by atoms with van der Waals surface area (Å²) in [5.41, 5.74) is 0. The van der Waals surface area contributed by atoms with Crippen molar-refractivity contribution < 1.29 is 0 Å². The Balaban J connectivity index is 1.57. The van der Waals surface area contributed by atoms with E-state index in [-0.39, 0.29) is 21.8 Å². The molecule has 0 aliphatic rings. The summed E-state index contributed by atoms with van der Waals surface area (Å²) < 4.78 is 0. The first-order chi connectivity index (χ1) is 15.9. The van der Waals surface area contributed by atoms with E-state index in [0.29, 0.717) is 0 Å². The molecule has 5 rings (SSSR count). The maximum absolute atomic E-state index is 2.32. The Bertz CT molecular complexity index is 1060. The summed E-state index contributed by atoms with van der Waals surface area (Å²) in [6, 6.07) is 52.6. The molecule has 0 aliphatic carbocycles. The van der Waals surface area contributed by atoms with Crippen molar-refractivity contribution in [3.63, 3.8) is 0 Å². The molecule has 0 saturated heterocycles. The molecule has 0 bridgehead atoms.